The summed E-state index contributed by atoms with van der Waals surface area (Å²) in [5.74, 6) is -0.661. The minimum absolute atomic E-state index is 0.0677. The van der Waals surface area contributed by atoms with E-state index in [1.807, 2.05) is 6.07 Å². The fourth-order valence-corrected chi connectivity index (χ4v) is 9.03. The van der Waals surface area contributed by atoms with Gasteiger partial charge in [0, 0.05) is 18.2 Å². The number of nitrogens with zero attached hydrogens (tertiary/aromatic N) is 9. The lowest BCUT2D eigenvalue weighted by molar-refractivity contribution is -0.0606. The van der Waals surface area contributed by atoms with Crippen LogP contribution in [-0.4, -0.2) is 125 Å². The summed E-state index contributed by atoms with van der Waals surface area (Å²) in [5, 5.41) is 36.4. The van der Waals surface area contributed by atoms with Gasteiger partial charge in [-0.05, 0) is 36.1 Å². The Morgan fingerprint density at radius 1 is 0.839 bits per heavy atom. The summed E-state index contributed by atoms with van der Waals surface area (Å²) in [4.78, 5) is 51.4. The molecule has 0 saturated carbocycles. The molecule has 2 saturated heterocycles. The van der Waals surface area contributed by atoms with Crippen molar-refractivity contribution in [2.75, 3.05) is 37.6 Å². The molecule has 322 valence electrons. The third-order valence-electron chi connectivity index (χ3n) is 9.94. The quantitative estimate of drug-likeness (QED) is 0.0803. The van der Waals surface area contributed by atoms with Crippen molar-refractivity contribution in [2.45, 2.75) is 55.6 Å². The van der Waals surface area contributed by atoms with E-state index >= 15 is 4.39 Å². The van der Waals surface area contributed by atoms with Crippen molar-refractivity contribution >= 4 is 64.3 Å². The van der Waals surface area contributed by atoms with Crippen LogP contribution in [0.15, 0.2) is 86.0 Å². The summed E-state index contributed by atoms with van der Waals surface area (Å²) < 4.78 is 55.0. The van der Waals surface area contributed by atoms with E-state index in [-0.39, 0.29) is 47.0 Å². The minimum atomic E-state index is -4.02. The predicted octanol–water partition coefficient (Wildman–Crippen LogP) is 3.23. The van der Waals surface area contributed by atoms with Crippen LogP contribution in [0, 0.1) is 11.3 Å². The number of nitrogens with one attached hydrogen (secondary N) is 2. The van der Waals surface area contributed by atoms with Gasteiger partial charge in [-0.15, -0.1) is 0 Å². The van der Waals surface area contributed by atoms with Crippen LogP contribution in [0.4, 0.5) is 16.0 Å². The van der Waals surface area contributed by atoms with Gasteiger partial charge in [-0.3, -0.25) is 23.2 Å². The Bertz CT molecular complexity index is 2640. The van der Waals surface area contributed by atoms with E-state index in [9.17, 15) is 25.1 Å². The molecular formula is C38H37FN11O10PS. The highest BCUT2D eigenvalue weighted by atomic mass is 32.5. The molecule has 21 nitrogen and oxygen atoms in total. The number of methoxy groups -OCH3 is 1. The fraction of sp³-hybridized carbons (Fsp3) is 0.342. The third-order valence-corrected chi connectivity index (χ3v) is 12.3. The number of aromatic nitrogens is 8. The first kappa shape index (κ1) is 42.9. The molecule has 8 rings (SSSR count). The molecule has 9 atom stereocenters. The molecule has 4 N–H and O–H groups in total. The normalized spacial score (nSPS) is 24.5. The molecule has 62 heavy (non-hydrogen) atoms. The molecule has 6 aromatic rings. The minimum Gasteiger partial charge on any atom is -0.394 e. The molecule has 24 heteroatoms. The fourth-order valence-electron chi connectivity index (χ4n) is 6.94. The van der Waals surface area contributed by atoms with Crippen molar-refractivity contribution in [3.8, 4) is 6.07 Å². The van der Waals surface area contributed by atoms with Crippen LogP contribution in [-0.2, 0) is 39.6 Å². The van der Waals surface area contributed by atoms with E-state index in [2.05, 4.69) is 40.5 Å². The summed E-state index contributed by atoms with van der Waals surface area (Å²) in [7, 11) is 1.37. The Labute approximate surface area is 356 Å². The van der Waals surface area contributed by atoms with Crippen molar-refractivity contribution in [3.05, 3.63) is 97.1 Å². The zero-order valence-electron chi connectivity index (χ0n) is 32.4. The average molecular weight is 890 g/mol. The number of nitriles is 1. The largest absolute Gasteiger partial charge is 0.394 e. The van der Waals surface area contributed by atoms with Crippen molar-refractivity contribution < 1.29 is 52.0 Å². The van der Waals surface area contributed by atoms with Gasteiger partial charge in [-0.1, -0.05) is 36.4 Å². The van der Waals surface area contributed by atoms with Crippen LogP contribution in [0.2, 0.25) is 0 Å². The highest BCUT2D eigenvalue weighted by molar-refractivity contribution is 8.07. The molecule has 0 aliphatic carbocycles. The molecule has 6 heterocycles. The van der Waals surface area contributed by atoms with Crippen molar-refractivity contribution in [1.29, 1.82) is 5.26 Å². The van der Waals surface area contributed by atoms with Gasteiger partial charge in [-0.2, -0.15) is 5.26 Å². The summed E-state index contributed by atoms with van der Waals surface area (Å²) >= 11 is 5.72. The number of ether oxygens (including phenoxy) is 3. The number of carbonyl (C=O) groups is 2. The Morgan fingerprint density at radius 2 is 1.39 bits per heavy atom. The molecule has 0 spiro atoms. The van der Waals surface area contributed by atoms with Crippen molar-refractivity contribution in [3.63, 3.8) is 0 Å². The van der Waals surface area contributed by atoms with Crippen LogP contribution in [0.5, 0.6) is 0 Å². The summed E-state index contributed by atoms with van der Waals surface area (Å²) in [6.45, 7) is -5.45. The van der Waals surface area contributed by atoms with Gasteiger partial charge in [0.25, 0.3) is 11.8 Å². The SMILES string of the molecule is COC1C(O)[C@@H](COP(=S)(OCCC#N)OC2C(F)[C@H](n3cnc4c(NC(=O)c5ccccc5)ncnc43)O[C@@H]2CO)O[C@H]1n1cnc2c(NC(=O)c3ccccc3)ncnc21. The van der Waals surface area contributed by atoms with E-state index in [0.29, 0.717) is 11.1 Å². The van der Waals surface area contributed by atoms with Crippen molar-refractivity contribution in [2.24, 2.45) is 0 Å². The lowest BCUT2D eigenvalue weighted by Gasteiger charge is -2.28. The van der Waals surface area contributed by atoms with Crippen LogP contribution in [0.25, 0.3) is 22.3 Å². The number of alkyl halides is 1. The monoisotopic (exact) mass is 889 g/mol. The van der Waals surface area contributed by atoms with Crippen molar-refractivity contribution in [1.82, 2.24) is 39.0 Å². The van der Waals surface area contributed by atoms with Crippen LogP contribution in [0.1, 0.15) is 39.6 Å². The van der Waals surface area contributed by atoms with Gasteiger partial charge in [0.15, 0.2) is 52.6 Å². The molecule has 2 fully saturated rings. The number of hydrogen-bond acceptors (Lipinski definition) is 18. The highest BCUT2D eigenvalue weighted by Crippen LogP contribution is 2.55. The Balaban J connectivity index is 0.982. The van der Waals surface area contributed by atoms with Crippen LogP contribution >= 0.6 is 6.72 Å². The number of halogens is 1. The molecule has 0 radical (unpaired) electrons. The standard InChI is InChI=1S/C38H37FN11O10PS/c1-55-30-28(52)24(59-38(30)50-20-46-27-32(42-18-44-34(27)50)48-36(54)22-11-6-3-7-12-22)16-57-61(62,56-14-8-13-40)60-29-23(15-51)58-37(25(29)39)49-19-45-26-31(41-17-43-33(26)49)47-35(53)21-9-4-2-5-10-21/h2-7,9-12,17-20,23-25,28-30,37-38,51-52H,8,14-16H2,1H3,(H,41,43,47,53)(H,42,44,48,54)/t23-,24-,25?,28?,29?,30?,37-,38-,61?/m1/s1. The lowest BCUT2D eigenvalue weighted by atomic mass is 10.1. The second-order valence-electron chi connectivity index (χ2n) is 13.7. The van der Waals surface area contributed by atoms with Gasteiger partial charge in [0.2, 0.25) is 0 Å². The maximum atomic E-state index is 16.6. The molecule has 4 aromatic heterocycles. The Kier molecular flexibility index (Phi) is 12.9. The van der Waals surface area contributed by atoms with Gasteiger partial charge in [0.1, 0.15) is 43.2 Å². The zero-order chi connectivity index (χ0) is 43.4. The highest BCUT2D eigenvalue weighted by Gasteiger charge is 2.51. The predicted molar refractivity (Wildman–Crippen MR) is 217 cm³/mol. The molecule has 5 unspecified atom stereocenters. The van der Waals surface area contributed by atoms with Gasteiger partial charge >= 0.3 is 6.72 Å². The summed E-state index contributed by atoms with van der Waals surface area (Å²) in [6.07, 6.45) is -5.93. The number of amides is 2. The number of fused-ring (bicyclic) bond motifs is 2. The first-order valence-electron chi connectivity index (χ1n) is 18.9. The number of carbonyl (C=O) groups excluding carboxylic acids is 2. The number of hydrogen-bond donors (Lipinski definition) is 4. The number of aliphatic hydroxyl groups is 2. The van der Waals surface area contributed by atoms with Gasteiger partial charge in [0.05, 0.1) is 45.0 Å². The Morgan fingerprint density at radius 3 is 1.92 bits per heavy atom. The average Bonchev–Trinajstić information content (AvgIpc) is 4.07. The smallest absolute Gasteiger partial charge is 0.327 e. The van der Waals surface area contributed by atoms with Gasteiger partial charge in [-0.25, -0.2) is 34.3 Å². The lowest BCUT2D eigenvalue weighted by Crippen LogP contribution is -2.36. The first-order chi connectivity index (χ1) is 30.1. The Hall–Kier alpha value is -5.77. The van der Waals surface area contributed by atoms with Crippen LogP contribution < -0.4 is 10.6 Å². The van der Waals surface area contributed by atoms with E-state index < -0.39 is 80.9 Å². The molecule has 2 aliphatic heterocycles. The van der Waals surface area contributed by atoms with E-state index in [0.717, 1.165) is 0 Å². The number of rotatable bonds is 16. The number of aliphatic hydroxyl groups excluding tert-OH is 2. The van der Waals surface area contributed by atoms with Gasteiger partial charge < -0.3 is 44.1 Å². The molecule has 0 bridgehead atoms. The maximum absolute atomic E-state index is 16.6. The van der Waals surface area contributed by atoms with Crippen LogP contribution in [0.3, 0.4) is 0 Å². The molecular weight excluding hydrogens is 853 g/mol. The third kappa shape index (κ3) is 8.66. The van der Waals surface area contributed by atoms with E-state index in [1.54, 1.807) is 60.7 Å². The van der Waals surface area contributed by atoms with E-state index in [1.165, 1.54) is 41.6 Å². The second-order valence-corrected chi connectivity index (χ2v) is 16.7. The maximum Gasteiger partial charge on any atom is 0.327 e. The number of benzene rings is 2. The number of anilines is 2. The second kappa shape index (κ2) is 18.7. The topological polar surface area (TPSA) is 265 Å². The van der Waals surface area contributed by atoms with E-state index in [4.69, 9.17) is 39.6 Å². The number of imidazole rings is 2. The summed E-state index contributed by atoms with van der Waals surface area (Å²) in [6, 6.07) is 18.9. The molecule has 2 aliphatic rings. The molecule has 2 amide bonds. The first-order valence-corrected chi connectivity index (χ1v) is 21.5. The molecule has 2 aromatic carbocycles. The zero-order valence-corrected chi connectivity index (χ0v) is 34.2. The summed E-state index contributed by atoms with van der Waals surface area (Å²) in [5.41, 5.74) is 1.51.